The zero-order valence-corrected chi connectivity index (χ0v) is 12.1. The van der Waals surface area contributed by atoms with Crippen molar-refractivity contribution in [2.75, 3.05) is 32.8 Å². The summed E-state index contributed by atoms with van der Waals surface area (Å²) in [6.07, 6.45) is 1.10. The fourth-order valence-electron chi connectivity index (χ4n) is 3.16. The number of aliphatic hydroxyl groups is 1. The molecule has 3 atom stereocenters. The van der Waals surface area contributed by atoms with Crippen molar-refractivity contribution < 1.29 is 13.9 Å². The van der Waals surface area contributed by atoms with Gasteiger partial charge in [-0.15, -0.1) is 0 Å². The molecule has 0 aromatic rings. The molecular weight excluding hydrogens is 250 g/mol. The molecule has 0 radical (unpaired) electrons. The van der Waals surface area contributed by atoms with E-state index in [1.807, 2.05) is 0 Å². The van der Waals surface area contributed by atoms with Crippen LogP contribution in [0.15, 0.2) is 0 Å². The fraction of sp³-hybridized carbons (Fsp3) is 1.00. The van der Waals surface area contributed by atoms with Crippen molar-refractivity contribution >= 4 is 0 Å². The highest BCUT2D eigenvalue weighted by Gasteiger charge is 2.29. The molecule has 3 nitrogen and oxygen atoms in total. The Labute approximate surface area is 115 Å². The average Bonchev–Trinajstić information content (AvgIpc) is 2.32. The third kappa shape index (κ3) is 6.15. The first-order valence-corrected chi connectivity index (χ1v) is 7.41. The first kappa shape index (κ1) is 16.8. The van der Waals surface area contributed by atoms with Gasteiger partial charge >= 0.3 is 0 Å². The Hall–Kier alpha value is -0.260. The first-order chi connectivity index (χ1) is 9.06. The molecule has 1 fully saturated rings. The second-order valence-electron chi connectivity index (χ2n) is 5.72. The molecule has 1 aliphatic carbocycles. The summed E-state index contributed by atoms with van der Waals surface area (Å²) in [5.74, 6) is 1.08. The minimum absolute atomic E-state index is 0.0547. The summed E-state index contributed by atoms with van der Waals surface area (Å²) in [7, 11) is 0. The Balaban J connectivity index is 2.55. The monoisotopic (exact) mass is 278 g/mol. The molecule has 0 bridgehead atoms. The van der Waals surface area contributed by atoms with Crippen molar-refractivity contribution in [1.29, 1.82) is 0 Å². The maximum atomic E-state index is 12.5. The van der Waals surface area contributed by atoms with Gasteiger partial charge in [0.05, 0.1) is 13.2 Å². The minimum atomic E-state index is -2.33. The van der Waals surface area contributed by atoms with Gasteiger partial charge in [-0.1, -0.05) is 13.8 Å². The van der Waals surface area contributed by atoms with Gasteiger partial charge in [0.25, 0.3) is 6.43 Å². The van der Waals surface area contributed by atoms with Crippen LogP contribution in [0.25, 0.3) is 0 Å². The van der Waals surface area contributed by atoms with Crippen LogP contribution in [0.5, 0.6) is 0 Å². The van der Waals surface area contributed by atoms with Crippen LogP contribution in [0.2, 0.25) is 0 Å². The van der Waals surface area contributed by atoms with Crippen LogP contribution >= 0.6 is 0 Å². The molecule has 19 heavy (non-hydrogen) atoms. The van der Waals surface area contributed by atoms with Gasteiger partial charge in [0.2, 0.25) is 0 Å². The number of hydrogen-bond donors (Lipinski definition) is 2. The molecule has 1 rings (SSSR count). The number of aliphatic hydroxyl groups excluding tert-OH is 1. The van der Waals surface area contributed by atoms with Crippen molar-refractivity contribution in [3.05, 3.63) is 0 Å². The Morgan fingerprint density at radius 2 is 2.11 bits per heavy atom. The molecule has 0 amide bonds. The van der Waals surface area contributed by atoms with Crippen LogP contribution in [-0.4, -0.2) is 55.3 Å². The first-order valence-electron chi connectivity index (χ1n) is 7.41. The lowest BCUT2D eigenvalue weighted by Gasteiger charge is -2.38. The normalized spacial score (nSPS) is 28.3. The van der Waals surface area contributed by atoms with Gasteiger partial charge in [0.15, 0.2) is 0 Å². The molecule has 1 aliphatic rings. The van der Waals surface area contributed by atoms with E-state index in [0.29, 0.717) is 31.0 Å². The molecule has 2 N–H and O–H groups in total. The maximum Gasteiger partial charge on any atom is 0.251 e. The molecular formula is C14H28F2N2O. The summed E-state index contributed by atoms with van der Waals surface area (Å²) in [5, 5.41) is 12.5. The Morgan fingerprint density at radius 1 is 1.37 bits per heavy atom. The second-order valence-corrected chi connectivity index (χ2v) is 5.72. The summed E-state index contributed by atoms with van der Waals surface area (Å²) in [6, 6.07) is 0.431. The Morgan fingerprint density at radius 3 is 2.68 bits per heavy atom. The van der Waals surface area contributed by atoms with Crippen molar-refractivity contribution in [1.82, 2.24) is 10.2 Å². The van der Waals surface area contributed by atoms with Gasteiger partial charge in [-0.2, -0.15) is 0 Å². The van der Waals surface area contributed by atoms with Crippen molar-refractivity contribution in [2.45, 2.75) is 45.6 Å². The van der Waals surface area contributed by atoms with Crippen molar-refractivity contribution in [3.8, 4) is 0 Å². The molecule has 114 valence electrons. The van der Waals surface area contributed by atoms with E-state index in [1.54, 1.807) is 4.90 Å². The molecule has 0 aliphatic heterocycles. The number of nitrogens with one attached hydrogen (secondary N) is 1. The van der Waals surface area contributed by atoms with Gasteiger partial charge in [0, 0.05) is 19.1 Å². The predicted octanol–water partition coefficient (Wildman–Crippen LogP) is 1.96. The smallest absolute Gasteiger partial charge is 0.251 e. The standard InChI is InChI=1S/C14H28F2N2O/c1-3-17-13-5-4-11(2)8-12(13)9-18(6-7-19)10-14(15)16/h11-14,17,19H,3-10H2,1-2H3. The second kappa shape index (κ2) is 8.82. The van der Waals surface area contributed by atoms with Gasteiger partial charge in [-0.3, -0.25) is 4.90 Å². The van der Waals surface area contributed by atoms with E-state index < -0.39 is 6.43 Å². The zero-order valence-electron chi connectivity index (χ0n) is 12.1. The van der Waals surface area contributed by atoms with Crippen LogP contribution in [0.1, 0.15) is 33.1 Å². The van der Waals surface area contributed by atoms with Gasteiger partial charge in [0.1, 0.15) is 0 Å². The summed E-state index contributed by atoms with van der Waals surface area (Å²) < 4.78 is 25.1. The highest BCUT2D eigenvalue weighted by molar-refractivity contribution is 4.85. The molecule has 5 heteroatoms. The molecule has 3 unspecified atom stereocenters. The van der Waals surface area contributed by atoms with Crippen LogP contribution in [0.4, 0.5) is 8.78 Å². The highest BCUT2D eigenvalue weighted by atomic mass is 19.3. The largest absolute Gasteiger partial charge is 0.395 e. The van der Waals surface area contributed by atoms with Crippen LogP contribution < -0.4 is 5.32 Å². The quantitative estimate of drug-likeness (QED) is 0.712. The fourth-order valence-corrected chi connectivity index (χ4v) is 3.16. The lowest BCUT2D eigenvalue weighted by Crippen LogP contribution is -2.47. The maximum absolute atomic E-state index is 12.5. The minimum Gasteiger partial charge on any atom is -0.395 e. The summed E-state index contributed by atoms with van der Waals surface area (Å²) >= 11 is 0. The lowest BCUT2D eigenvalue weighted by molar-refractivity contribution is 0.0569. The third-order valence-corrected chi connectivity index (χ3v) is 4.02. The third-order valence-electron chi connectivity index (χ3n) is 4.02. The predicted molar refractivity (Wildman–Crippen MR) is 73.5 cm³/mol. The van der Waals surface area contributed by atoms with E-state index >= 15 is 0 Å². The van der Waals surface area contributed by atoms with Crippen molar-refractivity contribution in [2.24, 2.45) is 11.8 Å². The SMILES string of the molecule is CCNC1CCC(C)CC1CN(CCO)CC(F)F. The molecule has 1 saturated carbocycles. The Kier molecular flexibility index (Phi) is 7.80. The number of rotatable bonds is 8. The number of hydrogen-bond acceptors (Lipinski definition) is 3. The van der Waals surface area contributed by atoms with E-state index in [-0.39, 0.29) is 13.2 Å². The summed E-state index contributed by atoms with van der Waals surface area (Å²) in [4.78, 5) is 1.71. The molecule has 0 saturated heterocycles. The average molecular weight is 278 g/mol. The van der Waals surface area contributed by atoms with Crippen LogP contribution in [0.3, 0.4) is 0 Å². The van der Waals surface area contributed by atoms with Crippen molar-refractivity contribution in [3.63, 3.8) is 0 Å². The Bertz CT molecular complexity index is 241. The van der Waals surface area contributed by atoms with E-state index in [2.05, 4.69) is 19.2 Å². The molecule has 0 aromatic carbocycles. The van der Waals surface area contributed by atoms with Gasteiger partial charge < -0.3 is 10.4 Å². The molecule has 0 heterocycles. The summed E-state index contributed by atoms with van der Waals surface area (Å²) in [5.41, 5.74) is 0. The number of alkyl halides is 2. The van der Waals surface area contributed by atoms with Gasteiger partial charge in [-0.05, 0) is 37.6 Å². The lowest BCUT2D eigenvalue weighted by atomic mass is 9.78. The molecule has 0 aromatic heterocycles. The zero-order chi connectivity index (χ0) is 14.3. The van der Waals surface area contributed by atoms with E-state index in [0.717, 1.165) is 19.4 Å². The van der Waals surface area contributed by atoms with E-state index in [4.69, 9.17) is 5.11 Å². The topological polar surface area (TPSA) is 35.5 Å². The number of halogens is 2. The molecule has 0 spiro atoms. The summed E-state index contributed by atoms with van der Waals surface area (Å²) in [6.45, 7) is 5.95. The highest BCUT2D eigenvalue weighted by Crippen LogP contribution is 2.29. The van der Waals surface area contributed by atoms with Crippen LogP contribution in [0, 0.1) is 11.8 Å². The van der Waals surface area contributed by atoms with E-state index in [1.165, 1.54) is 6.42 Å². The van der Waals surface area contributed by atoms with Gasteiger partial charge in [-0.25, -0.2) is 8.78 Å². The van der Waals surface area contributed by atoms with E-state index in [9.17, 15) is 8.78 Å². The number of nitrogens with zero attached hydrogens (tertiary/aromatic N) is 1. The van der Waals surface area contributed by atoms with Crippen LogP contribution in [-0.2, 0) is 0 Å².